The predicted octanol–water partition coefficient (Wildman–Crippen LogP) is 5.93. The van der Waals surface area contributed by atoms with E-state index in [0.717, 1.165) is 41.0 Å². The van der Waals surface area contributed by atoms with Gasteiger partial charge in [0.1, 0.15) is 18.3 Å². The standard InChI is InChI=1S/C31H30N4O3/c1-21-9-7-10-22(19-21)30-27-14-8-18-33(27)25-12-4-5-13-26(25)35(30)29(36)20-34(23-16-17-23)31(37)32-24-11-3-6-15-28(24)38-2/h3-15,18-19,23,30H,16-17,20H2,1-2H3,(H,32,37). The van der Waals surface area contributed by atoms with Crippen molar-refractivity contribution >= 4 is 23.3 Å². The number of carbonyl (C=O) groups excluding carboxylic acids is 2. The van der Waals surface area contributed by atoms with E-state index in [1.54, 1.807) is 24.1 Å². The van der Waals surface area contributed by atoms with E-state index in [-0.39, 0.29) is 30.6 Å². The van der Waals surface area contributed by atoms with Crippen molar-refractivity contribution in [3.8, 4) is 11.4 Å². The third kappa shape index (κ3) is 4.30. The van der Waals surface area contributed by atoms with Gasteiger partial charge in [-0.2, -0.15) is 0 Å². The van der Waals surface area contributed by atoms with Gasteiger partial charge in [-0.3, -0.25) is 9.69 Å². The highest BCUT2D eigenvalue weighted by atomic mass is 16.5. The molecule has 7 nitrogen and oxygen atoms in total. The Balaban J connectivity index is 1.36. The van der Waals surface area contributed by atoms with Gasteiger partial charge < -0.3 is 19.5 Å². The van der Waals surface area contributed by atoms with Crippen LogP contribution in [0.4, 0.5) is 16.2 Å². The number of carbonyl (C=O) groups is 2. The molecule has 0 saturated heterocycles. The average Bonchev–Trinajstić information content (AvgIpc) is 3.66. The van der Waals surface area contributed by atoms with Crippen LogP contribution in [0.2, 0.25) is 0 Å². The maximum atomic E-state index is 14.3. The van der Waals surface area contributed by atoms with E-state index in [1.165, 1.54) is 0 Å². The van der Waals surface area contributed by atoms with Gasteiger partial charge in [0, 0.05) is 12.2 Å². The van der Waals surface area contributed by atoms with Crippen molar-refractivity contribution in [2.24, 2.45) is 0 Å². The quantitative estimate of drug-likeness (QED) is 0.353. The lowest BCUT2D eigenvalue weighted by Gasteiger charge is -2.39. The lowest BCUT2D eigenvalue weighted by Crippen LogP contribution is -2.48. The van der Waals surface area contributed by atoms with Gasteiger partial charge in [-0.25, -0.2) is 4.79 Å². The van der Waals surface area contributed by atoms with Crippen molar-refractivity contribution in [3.63, 3.8) is 0 Å². The van der Waals surface area contributed by atoms with Crippen LogP contribution in [0.1, 0.15) is 35.7 Å². The van der Waals surface area contributed by atoms with Crippen molar-refractivity contribution in [2.75, 3.05) is 23.9 Å². The Morgan fingerprint density at radius 3 is 2.47 bits per heavy atom. The van der Waals surface area contributed by atoms with Crippen LogP contribution in [0, 0.1) is 6.92 Å². The second-order valence-corrected chi connectivity index (χ2v) is 9.86. The third-order valence-electron chi connectivity index (χ3n) is 7.25. The summed E-state index contributed by atoms with van der Waals surface area (Å²) in [4.78, 5) is 31.2. The summed E-state index contributed by atoms with van der Waals surface area (Å²) < 4.78 is 7.56. The van der Waals surface area contributed by atoms with E-state index in [2.05, 4.69) is 41.1 Å². The average molecular weight is 507 g/mol. The fraction of sp³-hybridized carbons (Fsp3) is 0.226. The lowest BCUT2D eigenvalue weighted by atomic mass is 9.96. The van der Waals surface area contributed by atoms with E-state index in [9.17, 15) is 9.59 Å². The minimum atomic E-state index is -0.314. The van der Waals surface area contributed by atoms with E-state index in [0.29, 0.717) is 11.4 Å². The minimum Gasteiger partial charge on any atom is -0.495 e. The number of aromatic nitrogens is 1. The molecule has 0 spiro atoms. The van der Waals surface area contributed by atoms with Gasteiger partial charge in [0.05, 0.1) is 29.9 Å². The first-order valence-electron chi connectivity index (χ1n) is 12.9. The number of amides is 3. The molecule has 6 rings (SSSR count). The van der Waals surface area contributed by atoms with E-state index >= 15 is 0 Å². The first kappa shape index (κ1) is 23.9. The molecular weight excluding hydrogens is 476 g/mol. The van der Waals surface area contributed by atoms with Gasteiger partial charge in [-0.15, -0.1) is 0 Å². The number of ether oxygens (including phenoxy) is 1. The molecule has 0 radical (unpaired) electrons. The van der Waals surface area contributed by atoms with Gasteiger partial charge in [-0.05, 0) is 61.7 Å². The van der Waals surface area contributed by atoms with Gasteiger partial charge in [0.15, 0.2) is 0 Å². The Hall–Kier alpha value is -4.52. The van der Waals surface area contributed by atoms with Crippen LogP contribution in [0.25, 0.3) is 5.69 Å². The number of hydrogen-bond acceptors (Lipinski definition) is 3. The van der Waals surface area contributed by atoms with Gasteiger partial charge >= 0.3 is 6.03 Å². The summed E-state index contributed by atoms with van der Waals surface area (Å²) in [5, 5.41) is 2.96. The molecule has 1 atom stereocenters. The molecule has 3 amide bonds. The number of rotatable bonds is 6. The summed E-state index contributed by atoms with van der Waals surface area (Å²) in [6, 6.07) is 27.0. The number of fused-ring (bicyclic) bond motifs is 3. The first-order chi connectivity index (χ1) is 18.5. The third-order valence-corrected chi connectivity index (χ3v) is 7.25. The highest BCUT2D eigenvalue weighted by molar-refractivity contribution is 6.02. The number of hydrogen-bond donors (Lipinski definition) is 1. The first-order valence-corrected chi connectivity index (χ1v) is 12.9. The van der Waals surface area contributed by atoms with Gasteiger partial charge in [0.25, 0.3) is 0 Å². The Kier molecular flexibility index (Phi) is 6.12. The highest BCUT2D eigenvalue weighted by Crippen LogP contribution is 2.42. The van der Waals surface area contributed by atoms with E-state index < -0.39 is 0 Å². The van der Waals surface area contributed by atoms with Crippen LogP contribution in [0.15, 0.2) is 91.1 Å². The summed E-state index contributed by atoms with van der Waals surface area (Å²) in [7, 11) is 1.57. The predicted molar refractivity (Wildman–Crippen MR) is 148 cm³/mol. The second kappa shape index (κ2) is 9.74. The Bertz CT molecular complexity index is 1510. The molecule has 1 saturated carbocycles. The van der Waals surface area contributed by atoms with Crippen LogP contribution in [-0.2, 0) is 4.79 Å². The van der Waals surface area contributed by atoms with Crippen molar-refractivity contribution in [1.29, 1.82) is 0 Å². The van der Waals surface area contributed by atoms with Crippen LogP contribution >= 0.6 is 0 Å². The number of methoxy groups -OCH3 is 1. The molecule has 4 aromatic rings. The minimum absolute atomic E-state index is 0.0248. The van der Waals surface area contributed by atoms with Crippen molar-refractivity contribution in [1.82, 2.24) is 9.47 Å². The maximum Gasteiger partial charge on any atom is 0.322 e. The number of para-hydroxylation sites is 4. The molecule has 1 aromatic heterocycles. The number of benzene rings is 3. The summed E-state index contributed by atoms with van der Waals surface area (Å²) in [6.07, 6.45) is 3.80. The van der Waals surface area contributed by atoms with Crippen molar-refractivity contribution in [2.45, 2.75) is 31.8 Å². The molecule has 192 valence electrons. The zero-order chi connectivity index (χ0) is 26.2. The molecule has 38 heavy (non-hydrogen) atoms. The number of urea groups is 1. The van der Waals surface area contributed by atoms with E-state index in [1.807, 2.05) is 59.6 Å². The van der Waals surface area contributed by atoms with Crippen LogP contribution in [0.3, 0.4) is 0 Å². The summed E-state index contributed by atoms with van der Waals surface area (Å²) >= 11 is 0. The Morgan fingerprint density at radius 2 is 1.71 bits per heavy atom. The maximum absolute atomic E-state index is 14.3. The van der Waals surface area contributed by atoms with Crippen LogP contribution in [0.5, 0.6) is 5.75 Å². The van der Waals surface area contributed by atoms with Crippen LogP contribution < -0.4 is 15.0 Å². The molecule has 2 aliphatic rings. The zero-order valence-corrected chi connectivity index (χ0v) is 21.5. The monoisotopic (exact) mass is 506 g/mol. The summed E-state index contributed by atoms with van der Waals surface area (Å²) in [5.41, 5.74) is 5.53. The summed E-state index contributed by atoms with van der Waals surface area (Å²) in [5.74, 6) is 0.451. The molecule has 0 bridgehead atoms. The molecular formula is C31H30N4O3. The number of nitrogens with one attached hydrogen (secondary N) is 1. The Morgan fingerprint density at radius 1 is 0.947 bits per heavy atom. The fourth-order valence-electron chi connectivity index (χ4n) is 5.33. The van der Waals surface area contributed by atoms with Crippen molar-refractivity contribution in [3.05, 3.63) is 108 Å². The number of anilines is 2. The lowest BCUT2D eigenvalue weighted by molar-refractivity contribution is -0.119. The van der Waals surface area contributed by atoms with Gasteiger partial charge in [-0.1, -0.05) is 54.1 Å². The Labute approximate surface area is 222 Å². The molecule has 1 N–H and O–H groups in total. The zero-order valence-electron chi connectivity index (χ0n) is 21.5. The molecule has 2 heterocycles. The molecule has 7 heteroatoms. The molecule has 3 aromatic carbocycles. The highest BCUT2D eigenvalue weighted by Gasteiger charge is 2.40. The van der Waals surface area contributed by atoms with Gasteiger partial charge in [0.2, 0.25) is 5.91 Å². The fourth-order valence-corrected chi connectivity index (χ4v) is 5.33. The molecule has 1 fully saturated rings. The number of aryl methyl sites for hydroxylation is 1. The molecule has 1 aliphatic heterocycles. The topological polar surface area (TPSA) is 66.8 Å². The molecule has 1 aliphatic carbocycles. The van der Waals surface area contributed by atoms with Crippen molar-refractivity contribution < 1.29 is 14.3 Å². The molecule has 1 unspecified atom stereocenters. The SMILES string of the molecule is COc1ccccc1NC(=O)N(CC(=O)N1c2ccccc2-n2cccc2C1c1cccc(C)c1)C1CC1. The normalized spacial score (nSPS) is 15.8. The number of nitrogens with zero attached hydrogens (tertiary/aromatic N) is 3. The summed E-state index contributed by atoms with van der Waals surface area (Å²) in [6.45, 7) is 2.03. The smallest absolute Gasteiger partial charge is 0.322 e. The van der Waals surface area contributed by atoms with E-state index in [4.69, 9.17) is 4.74 Å². The largest absolute Gasteiger partial charge is 0.495 e. The van der Waals surface area contributed by atoms with Crippen LogP contribution in [-0.4, -0.2) is 41.1 Å². The second-order valence-electron chi connectivity index (χ2n) is 9.86.